The number of fused-ring (bicyclic) bond motifs is 4. The number of rotatable bonds is 4. The second kappa shape index (κ2) is 6.79. The van der Waals surface area contributed by atoms with Gasteiger partial charge in [0.05, 0.1) is 22.2 Å². The van der Waals surface area contributed by atoms with E-state index in [0.29, 0.717) is 22.7 Å². The number of hydrogen-bond donors (Lipinski definition) is 2. The van der Waals surface area contributed by atoms with Crippen molar-refractivity contribution in [2.75, 3.05) is 0 Å². The number of nitrogens with zero attached hydrogens (tertiary/aromatic N) is 4. The molecule has 30 heavy (non-hydrogen) atoms. The molecule has 0 radical (unpaired) electrons. The molecular formula is C20H14N6OS3. The number of benzene rings is 1. The largest absolute Gasteiger partial charge is 0.309 e. The van der Waals surface area contributed by atoms with Crippen molar-refractivity contribution in [3.63, 3.8) is 0 Å². The van der Waals surface area contributed by atoms with Gasteiger partial charge < -0.3 is 4.98 Å². The molecule has 148 valence electrons. The van der Waals surface area contributed by atoms with Gasteiger partial charge in [0.1, 0.15) is 10.7 Å². The summed E-state index contributed by atoms with van der Waals surface area (Å²) in [4.78, 5) is 28.1. The SMILES string of the molecule is Cc1ccc(-c2csc3nc(CSc4n[nH]c5nc6ccccc6n45)[nH]c(=O)c23)s1. The number of H-pyrrole nitrogens is 2. The molecule has 5 heterocycles. The van der Waals surface area contributed by atoms with E-state index in [0.717, 1.165) is 31.5 Å². The summed E-state index contributed by atoms with van der Waals surface area (Å²) >= 11 is 4.70. The van der Waals surface area contributed by atoms with Gasteiger partial charge in [0, 0.05) is 20.7 Å². The number of imidazole rings is 1. The zero-order valence-corrected chi connectivity index (χ0v) is 18.1. The number of hydrogen-bond acceptors (Lipinski definition) is 7. The molecule has 2 N–H and O–H groups in total. The van der Waals surface area contributed by atoms with Gasteiger partial charge in [-0.25, -0.2) is 15.1 Å². The van der Waals surface area contributed by atoms with Crippen LogP contribution in [0.5, 0.6) is 0 Å². The first-order valence-electron chi connectivity index (χ1n) is 9.19. The van der Waals surface area contributed by atoms with E-state index in [4.69, 9.17) is 4.98 Å². The molecule has 7 nitrogen and oxygen atoms in total. The first-order chi connectivity index (χ1) is 14.7. The Morgan fingerprint density at radius 3 is 2.93 bits per heavy atom. The monoisotopic (exact) mass is 450 g/mol. The van der Waals surface area contributed by atoms with Gasteiger partial charge in [-0.05, 0) is 31.2 Å². The molecule has 0 bridgehead atoms. The summed E-state index contributed by atoms with van der Waals surface area (Å²) in [6, 6.07) is 12.1. The van der Waals surface area contributed by atoms with Crippen molar-refractivity contribution >= 4 is 61.5 Å². The summed E-state index contributed by atoms with van der Waals surface area (Å²) in [7, 11) is 0. The maximum absolute atomic E-state index is 12.8. The molecule has 6 rings (SSSR count). The van der Waals surface area contributed by atoms with Gasteiger partial charge in [-0.3, -0.25) is 9.20 Å². The van der Waals surface area contributed by atoms with Crippen molar-refractivity contribution < 1.29 is 0 Å². The van der Waals surface area contributed by atoms with Gasteiger partial charge in [-0.2, -0.15) is 0 Å². The third kappa shape index (κ3) is 2.79. The highest BCUT2D eigenvalue weighted by Gasteiger charge is 2.16. The highest BCUT2D eigenvalue weighted by molar-refractivity contribution is 7.98. The molecule has 0 amide bonds. The molecular weight excluding hydrogens is 436 g/mol. The molecule has 5 aromatic heterocycles. The van der Waals surface area contributed by atoms with E-state index in [9.17, 15) is 4.79 Å². The quantitative estimate of drug-likeness (QED) is 0.375. The van der Waals surface area contributed by atoms with E-state index in [-0.39, 0.29) is 5.56 Å². The molecule has 6 aromatic rings. The van der Waals surface area contributed by atoms with E-state index in [1.165, 1.54) is 28.0 Å². The summed E-state index contributed by atoms with van der Waals surface area (Å²) in [5, 5.41) is 10.8. The van der Waals surface area contributed by atoms with Crippen molar-refractivity contribution in [3.05, 3.63) is 62.8 Å². The molecule has 0 aliphatic carbocycles. The van der Waals surface area contributed by atoms with E-state index >= 15 is 0 Å². The molecule has 0 spiro atoms. The maximum Gasteiger partial charge on any atom is 0.260 e. The van der Waals surface area contributed by atoms with Crippen LogP contribution in [-0.4, -0.2) is 29.5 Å². The average Bonchev–Trinajstić information content (AvgIpc) is 3.49. The minimum atomic E-state index is -0.0989. The smallest absolute Gasteiger partial charge is 0.260 e. The second-order valence-corrected chi connectivity index (χ2v) is 9.90. The summed E-state index contributed by atoms with van der Waals surface area (Å²) in [5.74, 6) is 1.83. The number of thioether (sulfide) groups is 1. The Morgan fingerprint density at radius 1 is 1.17 bits per heavy atom. The van der Waals surface area contributed by atoms with Crippen LogP contribution < -0.4 is 5.56 Å². The van der Waals surface area contributed by atoms with Crippen LogP contribution in [0.25, 0.3) is 37.5 Å². The first kappa shape index (κ1) is 17.9. The van der Waals surface area contributed by atoms with Gasteiger partial charge in [-0.15, -0.1) is 27.8 Å². The lowest BCUT2D eigenvalue weighted by atomic mass is 10.2. The van der Waals surface area contributed by atoms with E-state index < -0.39 is 0 Å². The number of nitrogens with one attached hydrogen (secondary N) is 2. The molecule has 0 aliphatic rings. The van der Waals surface area contributed by atoms with Gasteiger partial charge >= 0.3 is 0 Å². The van der Waals surface area contributed by atoms with Crippen molar-refractivity contribution in [1.82, 2.24) is 29.5 Å². The number of aromatic nitrogens is 6. The minimum Gasteiger partial charge on any atom is -0.309 e. The Bertz CT molecular complexity index is 1600. The van der Waals surface area contributed by atoms with Crippen LogP contribution in [0, 0.1) is 6.92 Å². The first-order valence-corrected chi connectivity index (χ1v) is 11.9. The Balaban J connectivity index is 1.35. The van der Waals surface area contributed by atoms with E-state index in [2.05, 4.69) is 39.2 Å². The molecule has 0 saturated carbocycles. The third-order valence-electron chi connectivity index (χ3n) is 4.84. The summed E-state index contributed by atoms with van der Waals surface area (Å²) in [5.41, 5.74) is 2.77. The van der Waals surface area contributed by atoms with E-state index in [1.807, 2.05) is 34.0 Å². The number of aryl methyl sites for hydroxylation is 1. The van der Waals surface area contributed by atoms with Crippen molar-refractivity contribution in [1.29, 1.82) is 0 Å². The fourth-order valence-corrected chi connectivity index (χ4v) is 6.24. The number of para-hydroxylation sites is 2. The lowest BCUT2D eigenvalue weighted by Crippen LogP contribution is -2.10. The molecule has 0 saturated heterocycles. The molecule has 0 unspecified atom stereocenters. The summed E-state index contributed by atoms with van der Waals surface area (Å²) in [6.07, 6.45) is 0. The zero-order chi connectivity index (χ0) is 20.2. The topological polar surface area (TPSA) is 91.7 Å². The average molecular weight is 451 g/mol. The van der Waals surface area contributed by atoms with Gasteiger partial charge in [-0.1, -0.05) is 23.9 Å². The van der Waals surface area contributed by atoms with Gasteiger partial charge in [0.25, 0.3) is 5.56 Å². The van der Waals surface area contributed by atoms with Crippen LogP contribution >= 0.6 is 34.4 Å². The highest BCUT2D eigenvalue weighted by Crippen LogP contribution is 2.35. The lowest BCUT2D eigenvalue weighted by molar-refractivity contribution is 0.935. The van der Waals surface area contributed by atoms with Gasteiger partial charge in [0.2, 0.25) is 5.78 Å². The molecule has 1 aromatic carbocycles. The van der Waals surface area contributed by atoms with Crippen LogP contribution in [0.4, 0.5) is 0 Å². The van der Waals surface area contributed by atoms with Crippen LogP contribution in [0.2, 0.25) is 0 Å². The lowest BCUT2D eigenvalue weighted by Gasteiger charge is -2.01. The second-order valence-electron chi connectivity index (χ2n) is 6.81. The Morgan fingerprint density at radius 2 is 2.07 bits per heavy atom. The Hall–Kier alpha value is -2.95. The van der Waals surface area contributed by atoms with Crippen LogP contribution in [0.3, 0.4) is 0 Å². The molecule has 10 heteroatoms. The highest BCUT2D eigenvalue weighted by atomic mass is 32.2. The van der Waals surface area contributed by atoms with Crippen molar-refractivity contribution in [3.8, 4) is 10.4 Å². The summed E-state index contributed by atoms with van der Waals surface area (Å²) in [6.45, 7) is 2.07. The predicted molar refractivity (Wildman–Crippen MR) is 123 cm³/mol. The Kier molecular flexibility index (Phi) is 4.05. The fraction of sp³-hybridized carbons (Fsp3) is 0.100. The molecule has 0 atom stereocenters. The van der Waals surface area contributed by atoms with Crippen LogP contribution in [0.15, 0.2) is 51.7 Å². The van der Waals surface area contributed by atoms with Crippen molar-refractivity contribution in [2.45, 2.75) is 17.8 Å². The number of aromatic amines is 2. The molecule has 0 aliphatic heterocycles. The zero-order valence-electron chi connectivity index (χ0n) is 15.7. The standard InChI is InChI=1S/C20H14N6OS3/c1-10-6-7-14(30-10)11-8-28-18-16(11)17(27)22-15(23-18)9-29-20-25-24-19-21-12-4-2-3-5-13(12)26(19)20/h2-8H,9H2,1H3,(H,21,24)(H,22,23,27). The third-order valence-corrected chi connectivity index (χ3v) is 7.70. The number of thiophene rings is 2. The normalized spacial score (nSPS) is 11.9. The van der Waals surface area contributed by atoms with Crippen LogP contribution in [-0.2, 0) is 5.75 Å². The van der Waals surface area contributed by atoms with Gasteiger partial charge in [0.15, 0.2) is 5.16 Å². The minimum absolute atomic E-state index is 0.0989. The maximum atomic E-state index is 12.8. The van der Waals surface area contributed by atoms with E-state index in [1.54, 1.807) is 11.3 Å². The summed E-state index contributed by atoms with van der Waals surface area (Å²) < 4.78 is 1.99. The predicted octanol–water partition coefficient (Wildman–Crippen LogP) is 4.84. The van der Waals surface area contributed by atoms with Crippen molar-refractivity contribution in [2.24, 2.45) is 0 Å². The van der Waals surface area contributed by atoms with Crippen LogP contribution in [0.1, 0.15) is 10.7 Å². The fourth-order valence-electron chi connectivity index (χ4n) is 3.49. The molecule has 0 fully saturated rings. The Labute approximate surface area is 181 Å².